The van der Waals surface area contributed by atoms with E-state index in [1.54, 1.807) is 0 Å². The number of ether oxygens (including phenoxy) is 2. The van der Waals surface area contributed by atoms with E-state index in [1.165, 1.54) is 0 Å². The molecule has 0 N–H and O–H groups in total. The maximum absolute atomic E-state index is 12.3. The first-order chi connectivity index (χ1) is 10.9. The molecule has 2 bridgehead atoms. The number of carbonyl (C=O) groups excluding carboxylic acids is 2. The van der Waals surface area contributed by atoms with Gasteiger partial charge >= 0.3 is 5.97 Å². The first-order valence-corrected chi connectivity index (χ1v) is 8.60. The molecule has 3 rings (SSSR count). The Morgan fingerprint density at radius 3 is 2.74 bits per heavy atom. The standard InChI is InChI=1S/C18H25NO4/c1-4-18(2,3)17(21)23-15-6-10-5-11(15)12(7-19)16(10)13-8-22-9-14(13)20/h10-13,15-16H,4-6,8-9H2,1-3H3. The molecular formula is C18H25NO4. The van der Waals surface area contributed by atoms with E-state index in [-0.39, 0.29) is 48.1 Å². The Hall–Kier alpha value is -1.41. The van der Waals surface area contributed by atoms with E-state index < -0.39 is 5.41 Å². The predicted octanol–water partition coefficient (Wildman–Crippen LogP) is 2.35. The highest BCUT2D eigenvalue weighted by Crippen LogP contribution is 2.56. The van der Waals surface area contributed by atoms with Gasteiger partial charge in [-0.15, -0.1) is 0 Å². The quantitative estimate of drug-likeness (QED) is 0.743. The summed E-state index contributed by atoms with van der Waals surface area (Å²) in [6.45, 7) is 6.38. The van der Waals surface area contributed by atoms with Crippen LogP contribution < -0.4 is 0 Å². The summed E-state index contributed by atoms with van der Waals surface area (Å²) in [6.07, 6.45) is 2.22. The van der Waals surface area contributed by atoms with Crippen LogP contribution in [0.15, 0.2) is 0 Å². The molecule has 0 aromatic heterocycles. The fourth-order valence-electron chi connectivity index (χ4n) is 4.49. The molecule has 0 aromatic rings. The molecule has 1 heterocycles. The number of Topliss-reactive ketones (excluding diaryl/α,β-unsaturated/α-hetero) is 1. The minimum absolute atomic E-state index is 0.0695. The minimum atomic E-state index is -0.487. The first kappa shape index (κ1) is 16.4. The molecule has 126 valence electrons. The van der Waals surface area contributed by atoms with E-state index in [1.807, 2.05) is 20.8 Å². The SMILES string of the molecule is CCC(C)(C)C(=O)OC1CC2CC1C(C#N)C2C1COCC1=O. The van der Waals surface area contributed by atoms with Crippen LogP contribution in [0.25, 0.3) is 0 Å². The Balaban J connectivity index is 1.71. The van der Waals surface area contributed by atoms with Gasteiger partial charge in [0, 0.05) is 11.8 Å². The van der Waals surface area contributed by atoms with Crippen LogP contribution in [0.2, 0.25) is 0 Å². The monoisotopic (exact) mass is 319 g/mol. The van der Waals surface area contributed by atoms with E-state index in [0.717, 1.165) is 19.3 Å². The number of rotatable bonds is 4. The largest absolute Gasteiger partial charge is 0.462 e. The van der Waals surface area contributed by atoms with Crippen LogP contribution >= 0.6 is 0 Å². The van der Waals surface area contributed by atoms with E-state index >= 15 is 0 Å². The molecule has 0 amide bonds. The average Bonchev–Trinajstić information content (AvgIpc) is 3.20. The van der Waals surface area contributed by atoms with Gasteiger partial charge < -0.3 is 9.47 Å². The second kappa shape index (κ2) is 5.90. The maximum Gasteiger partial charge on any atom is 0.311 e. The second-order valence-electron chi connectivity index (χ2n) is 7.90. The van der Waals surface area contributed by atoms with Crippen molar-refractivity contribution in [2.24, 2.45) is 35.0 Å². The number of carbonyl (C=O) groups is 2. The summed E-state index contributed by atoms with van der Waals surface area (Å²) in [4.78, 5) is 24.3. The van der Waals surface area contributed by atoms with Gasteiger partial charge in [-0.1, -0.05) is 6.92 Å². The van der Waals surface area contributed by atoms with Crippen LogP contribution in [-0.4, -0.2) is 31.1 Å². The molecule has 0 aromatic carbocycles. The highest BCUT2D eigenvalue weighted by molar-refractivity contribution is 5.84. The Kier molecular flexibility index (Phi) is 4.22. The summed E-state index contributed by atoms with van der Waals surface area (Å²) in [5.41, 5.74) is -0.487. The van der Waals surface area contributed by atoms with Crippen molar-refractivity contribution in [1.29, 1.82) is 5.26 Å². The summed E-state index contributed by atoms with van der Waals surface area (Å²) < 4.78 is 11.1. The topological polar surface area (TPSA) is 76.4 Å². The second-order valence-corrected chi connectivity index (χ2v) is 7.90. The third kappa shape index (κ3) is 2.67. The average molecular weight is 319 g/mol. The van der Waals surface area contributed by atoms with Crippen LogP contribution in [0.5, 0.6) is 0 Å². The van der Waals surface area contributed by atoms with Crippen molar-refractivity contribution in [2.75, 3.05) is 13.2 Å². The van der Waals surface area contributed by atoms with Crippen molar-refractivity contribution in [3.63, 3.8) is 0 Å². The number of hydrogen-bond acceptors (Lipinski definition) is 5. The molecule has 23 heavy (non-hydrogen) atoms. The lowest BCUT2D eigenvalue weighted by molar-refractivity contribution is -0.164. The summed E-state index contributed by atoms with van der Waals surface area (Å²) in [7, 11) is 0. The predicted molar refractivity (Wildman–Crippen MR) is 82.1 cm³/mol. The lowest BCUT2D eigenvalue weighted by atomic mass is 9.71. The molecule has 3 fully saturated rings. The normalized spacial score (nSPS) is 39.5. The first-order valence-electron chi connectivity index (χ1n) is 8.60. The van der Waals surface area contributed by atoms with Gasteiger partial charge in [0.1, 0.15) is 12.7 Å². The highest BCUT2D eigenvalue weighted by atomic mass is 16.5. The van der Waals surface area contributed by atoms with Gasteiger partial charge in [-0.25, -0.2) is 0 Å². The summed E-state index contributed by atoms with van der Waals surface area (Å²) in [5.74, 6) is 0.0526. The Bertz CT molecular complexity index is 550. The summed E-state index contributed by atoms with van der Waals surface area (Å²) in [5, 5.41) is 9.62. The number of nitriles is 1. The zero-order valence-electron chi connectivity index (χ0n) is 14.1. The number of nitrogens with zero attached hydrogens (tertiary/aromatic N) is 1. The lowest BCUT2D eigenvalue weighted by Gasteiger charge is -2.35. The van der Waals surface area contributed by atoms with Gasteiger partial charge in [0.15, 0.2) is 5.78 Å². The molecule has 0 radical (unpaired) electrons. The highest BCUT2D eigenvalue weighted by Gasteiger charge is 2.58. The van der Waals surface area contributed by atoms with Crippen LogP contribution in [-0.2, 0) is 19.1 Å². The fourth-order valence-corrected chi connectivity index (χ4v) is 4.49. The molecule has 2 aliphatic carbocycles. The zero-order chi connectivity index (χ0) is 16.8. The van der Waals surface area contributed by atoms with E-state index in [0.29, 0.717) is 12.5 Å². The fraction of sp³-hybridized carbons (Fsp3) is 0.833. The summed E-state index contributed by atoms with van der Waals surface area (Å²) in [6, 6.07) is 2.40. The minimum Gasteiger partial charge on any atom is -0.462 e. The molecule has 2 saturated carbocycles. The number of esters is 1. The van der Waals surface area contributed by atoms with Gasteiger partial charge in [0.05, 0.1) is 24.0 Å². The maximum atomic E-state index is 12.3. The molecule has 5 heteroatoms. The number of ketones is 1. The van der Waals surface area contributed by atoms with Crippen LogP contribution in [0.1, 0.15) is 40.0 Å². The van der Waals surface area contributed by atoms with Crippen molar-refractivity contribution < 1.29 is 19.1 Å². The van der Waals surface area contributed by atoms with Crippen molar-refractivity contribution in [3.8, 4) is 6.07 Å². The lowest BCUT2D eigenvalue weighted by Crippen LogP contribution is -2.40. The van der Waals surface area contributed by atoms with Crippen LogP contribution in [0.4, 0.5) is 0 Å². The molecule has 3 aliphatic rings. The number of fused-ring (bicyclic) bond motifs is 2. The molecule has 0 spiro atoms. The van der Waals surface area contributed by atoms with Crippen LogP contribution in [0.3, 0.4) is 0 Å². The summed E-state index contributed by atoms with van der Waals surface area (Å²) >= 11 is 0. The molecule has 6 atom stereocenters. The van der Waals surface area contributed by atoms with Gasteiger partial charge in [-0.2, -0.15) is 5.26 Å². The third-order valence-corrected chi connectivity index (χ3v) is 6.27. The van der Waals surface area contributed by atoms with Crippen molar-refractivity contribution in [1.82, 2.24) is 0 Å². The number of hydrogen-bond donors (Lipinski definition) is 0. The van der Waals surface area contributed by atoms with Gasteiger partial charge in [0.2, 0.25) is 0 Å². The van der Waals surface area contributed by atoms with E-state index in [4.69, 9.17) is 9.47 Å². The van der Waals surface area contributed by atoms with Crippen molar-refractivity contribution >= 4 is 11.8 Å². The smallest absolute Gasteiger partial charge is 0.311 e. The van der Waals surface area contributed by atoms with Gasteiger partial charge in [-0.05, 0) is 44.9 Å². The Morgan fingerprint density at radius 1 is 1.43 bits per heavy atom. The third-order valence-electron chi connectivity index (χ3n) is 6.27. The molecule has 6 unspecified atom stereocenters. The van der Waals surface area contributed by atoms with Gasteiger partial charge in [0.25, 0.3) is 0 Å². The Labute approximate surface area is 137 Å². The molecule has 1 aliphatic heterocycles. The Morgan fingerprint density at radius 2 is 2.17 bits per heavy atom. The van der Waals surface area contributed by atoms with E-state index in [2.05, 4.69) is 6.07 Å². The van der Waals surface area contributed by atoms with E-state index in [9.17, 15) is 14.9 Å². The van der Waals surface area contributed by atoms with Gasteiger partial charge in [-0.3, -0.25) is 9.59 Å². The van der Waals surface area contributed by atoms with Crippen molar-refractivity contribution in [3.05, 3.63) is 0 Å². The van der Waals surface area contributed by atoms with Crippen molar-refractivity contribution in [2.45, 2.75) is 46.1 Å². The zero-order valence-corrected chi connectivity index (χ0v) is 14.1. The molecule has 5 nitrogen and oxygen atoms in total. The molecular weight excluding hydrogens is 294 g/mol. The van der Waals surface area contributed by atoms with Crippen LogP contribution in [0, 0.1) is 46.3 Å². The molecule has 1 saturated heterocycles.